The van der Waals surface area contributed by atoms with Crippen LogP contribution in [0.15, 0.2) is 83.5 Å². The molecule has 1 heterocycles. The number of rotatable bonds is 7. The summed E-state index contributed by atoms with van der Waals surface area (Å²) in [5.74, 6) is 0.104. The van der Waals surface area contributed by atoms with Crippen LogP contribution in [0.4, 0.5) is 0 Å². The molecule has 0 radical (unpaired) electrons. The second kappa shape index (κ2) is 10.6. The maximum absolute atomic E-state index is 13.3. The van der Waals surface area contributed by atoms with E-state index in [1.807, 2.05) is 36.4 Å². The molecule has 1 aliphatic carbocycles. The molecule has 0 saturated heterocycles. The van der Waals surface area contributed by atoms with Crippen LogP contribution < -0.4 is 0 Å². The van der Waals surface area contributed by atoms with E-state index in [9.17, 15) is 4.79 Å². The molecule has 3 nitrogen and oxygen atoms in total. The van der Waals surface area contributed by atoms with Gasteiger partial charge in [0.15, 0.2) is 0 Å². The first-order valence-electron chi connectivity index (χ1n) is 11.1. The van der Waals surface area contributed by atoms with Crippen LogP contribution >= 0.6 is 15.9 Å². The third-order valence-electron chi connectivity index (χ3n) is 6.04. The molecule has 4 rings (SSSR count). The molecule has 4 heteroatoms. The zero-order valence-corrected chi connectivity index (χ0v) is 19.4. The first-order valence-corrected chi connectivity index (χ1v) is 11.9. The Hall–Kier alpha value is -2.59. The van der Waals surface area contributed by atoms with Crippen molar-refractivity contribution in [2.24, 2.45) is 0 Å². The van der Waals surface area contributed by atoms with E-state index in [1.54, 1.807) is 6.08 Å². The monoisotopic (exact) mass is 476 g/mol. The van der Waals surface area contributed by atoms with E-state index in [-0.39, 0.29) is 5.91 Å². The first kappa shape index (κ1) is 21.6. The van der Waals surface area contributed by atoms with Crippen LogP contribution in [0.3, 0.4) is 0 Å². The van der Waals surface area contributed by atoms with Gasteiger partial charge in [-0.1, -0.05) is 77.7 Å². The lowest BCUT2D eigenvalue weighted by atomic mass is 9.94. The van der Waals surface area contributed by atoms with E-state index in [4.69, 9.17) is 0 Å². The second-order valence-electron chi connectivity index (χ2n) is 8.26. The van der Waals surface area contributed by atoms with Gasteiger partial charge in [-0.2, -0.15) is 0 Å². The molecule has 0 spiro atoms. The van der Waals surface area contributed by atoms with Gasteiger partial charge in [0.25, 0.3) is 0 Å². The summed E-state index contributed by atoms with van der Waals surface area (Å²) in [6, 6.07) is 23.0. The van der Waals surface area contributed by atoms with Crippen molar-refractivity contribution in [1.29, 1.82) is 0 Å². The average molecular weight is 477 g/mol. The summed E-state index contributed by atoms with van der Waals surface area (Å²) in [5, 5.41) is 0. The van der Waals surface area contributed by atoms with Crippen molar-refractivity contribution in [1.82, 2.24) is 9.47 Å². The molecular formula is C27H29BrN2O. The number of hydrogen-bond donors (Lipinski definition) is 0. The van der Waals surface area contributed by atoms with Gasteiger partial charge in [-0.05, 0) is 54.3 Å². The van der Waals surface area contributed by atoms with E-state index in [0.29, 0.717) is 12.6 Å². The number of amides is 1. The van der Waals surface area contributed by atoms with Gasteiger partial charge in [0.05, 0.1) is 6.54 Å². The lowest BCUT2D eigenvalue weighted by Crippen LogP contribution is -2.40. The summed E-state index contributed by atoms with van der Waals surface area (Å²) < 4.78 is 3.34. The Morgan fingerprint density at radius 1 is 0.968 bits per heavy atom. The summed E-state index contributed by atoms with van der Waals surface area (Å²) in [7, 11) is 0. The van der Waals surface area contributed by atoms with Crippen LogP contribution in [-0.2, 0) is 17.9 Å². The van der Waals surface area contributed by atoms with Crippen molar-refractivity contribution in [3.05, 3.63) is 100 Å². The fourth-order valence-electron chi connectivity index (χ4n) is 4.32. The van der Waals surface area contributed by atoms with E-state index < -0.39 is 0 Å². The number of carbonyl (C=O) groups excluding carboxylic acids is 1. The molecule has 1 fully saturated rings. The van der Waals surface area contributed by atoms with Crippen LogP contribution in [-0.4, -0.2) is 21.4 Å². The van der Waals surface area contributed by atoms with E-state index >= 15 is 0 Å². The van der Waals surface area contributed by atoms with Gasteiger partial charge in [-0.25, -0.2) is 0 Å². The first-order chi connectivity index (χ1) is 15.2. The lowest BCUT2D eigenvalue weighted by Gasteiger charge is -2.34. The van der Waals surface area contributed by atoms with Gasteiger partial charge in [-0.15, -0.1) is 0 Å². The molecule has 160 valence electrons. The van der Waals surface area contributed by atoms with Crippen LogP contribution in [0.1, 0.15) is 48.9 Å². The van der Waals surface area contributed by atoms with E-state index in [0.717, 1.165) is 29.4 Å². The van der Waals surface area contributed by atoms with Crippen LogP contribution in [0.2, 0.25) is 0 Å². The minimum atomic E-state index is 0.104. The predicted molar refractivity (Wildman–Crippen MR) is 131 cm³/mol. The molecule has 0 atom stereocenters. The zero-order chi connectivity index (χ0) is 21.5. The van der Waals surface area contributed by atoms with Crippen molar-refractivity contribution >= 4 is 27.9 Å². The second-order valence-corrected chi connectivity index (χ2v) is 9.17. The SMILES string of the molecule is O=C(/C=C/c1ccccc1)N(Cc1cccn1Cc1ccc(Br)cc1)C1CCCCC1. The molecule has 1 aromatic heterocycles. The quantitative estimate of drug-likeness (QED) is 0.349. The molecule has 0 unspecified atom stereocenters. The largest absolute Gasteiger partial charge is 0.345 e. The molecule has 2 aromatic carbocycles. The third kappa shape index (κ3) is 5.98. The molecule has 1 saturated carbocycles. The molecule has 1 amide bonds. The van der Waals surface area contributed by atoms with Crippen LogP contribution in [0, 0.1) is 0 Å². The Labute approximate surface area is 193 Å². The Morgan fingerprint density at radius 2 is 1.71 bits per heavy atom. The number of hydrogen-bond acceptors (Lipinski definition) is 1. The summed E-state index contributed by atoms with van der Waals surface area (Å²) in [6.07, 6.45) is 11.7. The van der Waals surface area contributed by atoms with Gasteiger partial charge < -0.3 is 9.47 Å². The van der Waals surface area contributed by atoms with Crippen LogP contribution in [0.25, 0.3) is 6.08 Å². The number of aromatic nitrogens is 1. The summed E-state index contributed by atoms with van der Waals surface area (Å²) in [4.78, 5) is 15.4. The van der Waals surface area contributed by atoms with Gasteiger partial charge in [0.1, 0.15) is 0 Å². The number of carbonyl (C=O) groups is 1. The number of benzene rings is 2. The van der Waals surface area contributed by atoms with Gasteiger partial charge in [-0.3, -0.25) is 4.79 Å². The van der Waals surface area contributed by atoms with Crippen molar-refractivity contribution in [2.45, 2.75) is 51.2 Å². The molecule has 3 aromatic rings. The lowest BCUT2D eigenvalue weighted by molar-refractivity contribution is -0.129. The van der Waals surface area contributed by atoms with Crippen molar-refractivity contribution in [2.75, 3.05) is 0 Å². The fourth-order valence-corrected chi connectivity index (χ4v) is 4.58. The Bertz CT molecular complexity index is 1000. The summed E-state index contributed by atoms with van der Waals surface area (Å²) in [5.41, 5.74) is 3.48. The average Bonchev–Trinajstić information content (AvgIpc) is 3.25. The summed E-state index contributed by atoms with van der Waals surface area (Å²) >= 11 is 3.50. The molecule has 0 N–H and O–H groups in total. The maximum Gasteiger partial charge on any atom is 0.247 e. The van der Waals surface area contributed by atoms with Crippen LogP contribution in [0.5, 0.6) is 0 Å². The Morgan fingerprint density at radius 3 is 2.45 bits per heavy atom. The number of halogens is 1. The molecule has 31 heavy (non-hydrogen) atoms. The molecular weight excluding hydrogens is 448 g/mol. The Balaban J connectivity index is 1.52. The van der Waals surface area contributed by atoms with Gasteiger partial charge >= 0.3 is 0 Å². The van der Waals surface area contributed by atoms with Gasteiger partial charge in [0, 0.05) is 35.0 Å². The minimum Gasteiger partial charge on any atom is -0.345 e. The van der Waals surface area contributed by atoms with Crippen molar-refractivity contribution in [3.63, 3.8) is 0 Å². The molecule has 1 aliphatic rings. The van der Waals surface area contributed by atoms with Crippen molar-refractivity contribution in [3.8, 4) is 0 Å². The van der Waals surface area contributed by atoms with E-state index in [2.05, 4.69) is 68.0 Å². The topological polar surface area (TPSA) is 25.2 Å². The highest BCUT2D eigenvalue weighted by molar-refractivity contribution is 9.10. The maximum atomic E-state index is 13.3. The number of nitrogens with zero attached hydrogens (tertiary/aromatic N) is 2. The zero-order valence-electron chi connectivity index (χ0n) is 17.8. The smallest absolute Gasteiger partial charge is 0.247 e. The molecule has 0 aliphatic heterocycles. The highest BCUT2D eigenvalue weighted by atomic mass is 79.9. The van der Waals surface area contributed by atoms with Crippen molar-refractivity contribution < 1.29 is 4.79 Å². The third-order valence-corrected chi connectivity index (χ3v) is 6.57. The fraction of sp³-hybridized carbons (Fsp3) is 0.296. The van der Waals surface area contributed by atoms with Gasteiger partial charge in [0.2, 0.25) is 5.91 Å². The van der Waals surface area contributed by atoms with E-state index in [1.165, 1.54) is 30.5 Å². The highest BCUT2D eigenvalue weighted by Crippen LogP contribution is 2.25. The standard InChI is InChI=1S/C27H29BrN2O/c28-24-16-13-23(14-17-24)20-29-19-7-12-26(29)21-30(25-10-5-2-6-11-25)27(31)18-15-22-8-3-1-4-9-22/h1,3-4,7-9,12-19,25H,2,5-6,10-11,20-21H2/b18-15+. The predicted octanol–water partition coefficient (Wildman–Crippen LogP) is 6.67. The summed E-state index contributed by atoms with van der Waals surface area (Å²) in [6.45, 7) is 1.45. The highest BCUT2D eigenvalue weighted by Gasteiger charge is 2.25. The molecule has 0 bridgehead atoms. The minimum absolute atomic E-state index is 0.104. The Kier molecular flexibility index (Phi) is 7.42. The normalized spacial score (nSPS) is 14.7.